The molecule has 0 fully saturated rings. The minimum Gasteiger partial charge on any atom is -0.489 e. The summed E-state index contributed by atoms with van der Waals surface area (Å²) in [5.74, 6) is 0.973. The van der Waals surface area contributed by atoms with E-state index in [4.69, 9.17) is 15.0 Å². The number of hydrogen-bond donors (Lipinski definition) is 1. The Labute approximate surface area is 153 Å². The van der Waals surface area contributed by atoms with E-state index in [9.17, 15) is 14.9 Å². The summed E-state index contributed by atoms with van der Waals surface area (Å²) < 4.78 is 15.4. The smallest absolute Gasteiger partial charge is 0.404 e. The molecule has 0 saturated carbocycles. The van der Waals surface area contributed by atoms with Gasteiger partial charge in [-0.2, -0.15) is 0 Å². The van der Waals surface area contributed by atoms with Gasteiger partial charge in [0.15, 0.2) is 12.4 Å². The molecule has 2 N–H and O–H groups in total. The van der Waals surface area contributed by atoms with Gasteiger partial charge >= 0.3 is 6.09 Å². The van der Waals surface area contributed by atoms with Crippen molar-refractivity contribution in [3.05, 3.63) is 76.0 Å². The predicted octanol–water partition coefficient (Wildman–Crippen LogP) is 3.42. The molecule has 0 saturated heterocycles. The molecule has 138 valence electrons. The van der Waals surface area contributed by atoms with Crippen LogP contribution in [0.1, 0.15) is 11.3 Å². The molecule has 1 heterocycles. The van der Waals surface area contributed by atoms with Crippen molar-refractivity contribution in [1.29, 1.82) is 0 Å². The number of primary amides is 1. The quantitative estimate of drug-likeness (QED) is 0.498. The average Bonchev–Trinajstić information content (AvgIpc) is 3.14. The molecule has 1 amide bonds. The van der Waals surface area contributed by atoms with Crippen LogP contribution in [0.5, 0.6) is 5.75 Å². The number of non-ortho nitro benzene ring substituents is 1. The van der Waals surface area contributed by atoms with E-state index in [1.807, 2.05) is 0 Å². The number of nitro groups is 1. The lowest BCUT2D eigenvalue weighted by molar-refractivity contribution is -0.384. The molecule has 3 rings (SSSR count). The van der Waals surface area contributed by atoms with Crippen molar-refractivity contribution in [3.8, 4) is 17.0 Å². The molecular formula is C18H15N3O6. The monoisotopic (exact) mass is 369 g/mol. The number of carbonyl (C=O) groups is 1. The van der Waals surface area contributed by atoms with Crippen LogP contribution in [0.4, 0.5) is 10.5 Å². The van der Waals surface area contributed by atoms with Crippen LogP contribution in [-0.4, -0.2) is 16.2 Å². The Morgan fingerprint density at radius 1 is 1.15 bits per heavy atom. The second-order valence-corrected chi connectivity index (χ2v) is 5.53. The van der Waals surface area contributed by atoms with E-state index in [2.05, 4.69) is 9.89 Å². The second kappa shape index (κ2) is 8.00. The maximum absolute atomic E-state index is 10.8. The highest BCUT2D eigenvalue weighted by molar-refractivity contribution is 5.64. The highest BCUT2D eigenvalue weighted by atomic mass is 16.6. The summed E-state index contributed by atoms with van der Waals surface area (Å²) in [6.07, 6.45) is -0.891. The number of nitrogens with two attached hydrogens (primary N) is 1. The zero-order chi connectivity index (χ0) is 19.2. The Hall–Kier alpha value is -3.88. The zero-order valence-corrected chi connectivity index (χ0v) is 14.0. The van der Waals surface area contributed by atoms with Gasteiger partial charge in [-0.1, -0.05) is 17.3 Å². The number of carbonyl (C=O) groups excluding carboxylic acids is 1. The molecule has 0 aliphatic carbocycles. The van der Waals surface area contributed by atoms with Crippen LogP contribution < -0.4 is 10.5 Å². The summed E-state index contributed by atoms with van der Waals surface area (Å²) in [7, 11) is 0. The molecule has 0 aliphatic rings. The van der Waals surface area contributed by atoms with Crippen LogP contribution in [-0.2, 0) is 18.0 Å². The molecular weight excluding hydrogens is 354 g/mol. The first-order chi connectivity index (χ1) is 13.0. The molecule has 0 bridgehead atoms. The standard InChI is InChI=1S/C18H15N3O6/c19-18(22)26-11-16-9-17(20-27-16)13-4-6-15(7-5-13)25-10-12-2-1-3-14(8-12)21(23)24/h1-9H,10-11H2,(H2,19,22). The van der Waals surface area contributed by atoms with Crippen molar-refractivity contribution in [3.63, 3.8) is 0 Å². The van der Waals surface area contributed by atoms with E-state index in [1.54, 1.807) is 42.5 Å². The number of nitrogens with zero attached hydrogens (tertiary/aromatic N) is 2. The number of amides is 1. The molecule has 1 aromatic heterocycles. The molecule has 3 aromatic rings. The molecule has 0 radical (unpaired) electrons. The van der Waals surface area contributed by atoms with Gasteiger partial charge in [0.2, 0.25) is 0 Å². The molecule has 27 heavy (non-hydrogen) atoms. The lowest BCUT2D eigenvalue weighted by atomic mass is 10.1. The average molecular weight is 369 g/mol. The Bertz CT molecular complexity index is 952. The molecule has 9 heteroatoms. The van der Waals surface area contributed by atoms with Crippen molar-refractivity contribution in [2.75, 3.05) is 0 Å². The van der Waals surface area contributed by atoms with Crippen LogP contribution in [0.3, 0.4) is 0 Å². The van der Waals surface area contributed by atoms with Gasteiger partial charge in [0.25, 0.3) is 5.69 Å². The zero-order valence-electron chi connectivity index (χ0n) is 14.0. The predicted molar refractivity (Wildman–Crippen MR) is 93.7 cm³/mol. The maximum Gasteiger partial charge on any atom is 0.404 e. The summed E-state index contributed by atoms with van der Waals surface area (Å²) in [6, 6.07) is 15.0. The van der Waals surface area contributed by atoms with Crippen LogP contribution in [0, 0.1) is 10.1 Å². The van der Waals surface area contributed by atoms with Crippen molar-refractivity contribution >= 4 is 11.8 Å². The second-order valence-electron chi connectivity index (χ2n) is 5.53. The van der Waals surface area contributed by atoms with Gasteiger partial charge in [0.1, 0.15) is 18.1 Å². The number of aromatic nitrogens is 1. The fraction of sp³-hybridized carbons (Fsp3) is 0.111. The van der Waals surface area contributed by atoms with E-state index in [-0.39, 0.29) is 18.9 Å². The summed E-state index contributed by atoms with van der Waals surface area (Å²) in [6.45, 7) is 0.117. The summed E-state index contributed by atoms with van der Waals surface area (Å²) >= 11 is 0. The molecule has 0 unspecified atom stereocenters. The number of benzene rings is 2. The Kier molecular flexibility index (Phi) is 5.31. The third kappa shape index (κ3) is 4.82. The van der Waals surface area contributed by atoms with E-state index in [0.717, 1.165) is 5.56 Å². The highest BCUT2D eigenvalue weighted by Crippen LogP contribution is 2.23. The largest absolute Gasteiger partial charge is 0.489 e. The van der Waals surface area contributed by atoms with Gasteiger partial charge < -0.3 is 19.7 Å². The third-order valence-corrected chi connectivity index (χ3v) is 3.59. The van der Waals surface area contributed by atoms with Gasteiger partial charge in [-0.05, 0) is 29.8 Å². The van der Waals surface area contributed by atoms with Crippen molar-refractivity contribution in [2.24, 2.45) is 5.73 Å². The molecule has 0 spiro atoms. The molecule has 2 aromatic carbocycles. The van der Waals surface area contributed by atoms with Crippen LogP contribution >= 0.6 is 0 Å². The first-order valence-corrected chi connectivity index (χ1v) is 7.85. The fourth-order valence-corrected chi connectivity index (χ4v) is 2.31. The Balaban J connectivity index is 1.61. The molecule has 9 nitrogen and oxygen atoms in total. The van der Waals surface area contributed by atoms with E-state index in [0.29, 0.717) is 22.8 Å². The number of rotatable bonds is 7. The molecule has 0 aliphatic heterocycles. The van der Waals surface area contributed by atoms with Gasteiger partial charge in [0, 0.05) is 23.8 Å². The van der Waals surface area contributed by atoms with Gasteiger partial charge in [-0.25, -0.2) is 4.79 Å². The fourth-order valence-electron chi connectivity index (χ4n) is 2.31. The summed E-state index contributed by atoms with van der Waals surface area (Å²) in [5.41, 5.74) is 6.97. The number of nitro benzene ring substituents is 1. The van der Waals surface area contributed by atoms with Crippen molar-refractivity contribution in [2.45, 2.75) is 13.2 Å². The van der Waals surface area contributed by atoms with Gasteiger partial charge in [0.05, 0.1) is 4.92 Å². The third-order valence-electron chi connectivity index (χ3n) is 3.59. The van der Waals surface area contributed by atoms with E-state index >= 15 is 0 Å². The summed E-state index contributed by atoms with van der Waals surface area (Å²) in [4.78, 5) is 20.9. The molecule has 0 atom stereocenters. The van der Waals surface area contributed by atoms with Crippen LogP contribution in [0.15, 0.2) is 59.1 Å². The highest BCUT2D eigenvalue weighted by Gasteiger charge is 2.09. The first kappa shape index (κ1) is 17.9. The normalized spacial score (nSPS) is 10.4. The Morgan fingerprint density at radius 2 is 1.93 bits per heavy atom. The minimum absolute atomic E-state index is 0.0219. The Morgan fingerprint density at radius 3 is 2.63 bits per heavy atom. The van der Waals surface area contributed by atoms with Gasteiger partial charge in [-0.15, -0.1) is 0 Å². The lowest BCUT2D eigenvalue weighted by Gasteiger charge is -2.06. The van der Waals surface area contributed by atoms with Crippen LogP contribution in [0.2, 0.25) is 0 Å². The number of hydrogen-bond acceptors (Lipinski definition) is 7. The maximum atomic E-state index is 10.8. The first-order valence-electron chi connectivity index (χ1n) is 7.85. The van der Waals surface area contributed by atoms with Crippen molar-refractivity contribution < 1.29 is 23.7 Å². The van der Waals surface area contributed by atoms with Crippen molar-refractivity contribution in [1.82, 2.24) is 5.16 Å². The van der Waals surface area contributed by atoms with Gasteiger partial charge in [-0.3, -0.25) is 10.1 Å². The SMILES string of the molecule is NC(=O)OCc1cc(-c2ccc(OCc3cccc([N+](=O)[O-])c3)cc2)no1. The lowest BCUT2D eigenvalue weighted by Crippen LogP contribution is -2.12. The van der Waals surface area contributed by atoms with Crippen LogP contribution in [0.25, 0.3) is 11.3 Å². The number of ether oxygens (including phenoxy) is 2. The minimum atomic E-state index is -0.891. The van der Waals surface area contributed by atoms with E-state index in [1.165, 1.54) is 12.1 Å². The summed E-state index contributed by atoms with van der Waals surface area (Å²) in [5, 5.41) is 14.7. The van der Waals surface area contributed by atoms with E-state index < -0.39 is 11.0 Å². The topological polar surface area (TPSA) is 131 Å².